The van der Waals surface area contributed by atoms with Crippen molar-refractivity contribution in [3.63, 3.8) is 0 Å². The first-order valence-electron chi connectivity index (χ1n) is 10.8. The Morgan fingerprint density at radius 3 is 2.69 bits per heavy atom. The van der Waals surface area contributed by atoms with Gasteiger partial charge >= 0.3 is 5.97 Å². The molecule has 9 nitrogen and oxygen atoms in total. The Morgan fingerprint density at radius 2 is 2.00 bits per heavy atom. The van der Waals surface area contributed by atoms with Crippen molar-refractivity contribution in [2.24, 2.45) is 11.0 Å². The Morgan fingerprint density at radius 1 is 1.22 bits per heavy atom. The molecule has 0 saturated carbocycles. The van der Waals surface area contributed by atoms with Crippen molar-refractivity contribution in [2.45, 2.75) is 39.0 Å². The van der Waals surface area contributed by atoms with Gasteiger partial charge in [0.2, 0.25) is 0 Å². The molecular formula is C23H26N4O5. The van der Waals surface area contributed by atoms with Gasteiger partial charge in [0.05, 0.1) is 18.7 Å². The van der Waals surface area contributed by atoms with E-state index in [-0.39, 0.29) is 23.5 Å². The predicted molar refractivity (Wildman–Crippen MR) is 115 cm³/mol. The molecular weight excluding hydrogens is 412 g/mol. The Bertz CT molecular complexity index is 1050. The van der Waals surface area contributed by atoms with E-state index in [9.17, 15) is 14.4 Å². The third-order valence-electron chi connectivity index (χ3n) is 6.03. The third kappa shape index (κ3) is 4.28. The van der Waals surface area contributed by atoms with Gasteiger partial charge in [0.1, 0.15) is 11.5 Å². The number of nitrogens with zero attached hydrogens (tertiary/aromatic N) is 3. The van der Waals surface area contributed by atoms with Crippen LogP contribution in [-0.4, -0.2) is 53.6 Å². The minimum absolute atomic E-state index is 0.170. The lowest BCUT2D eigenvalue weighted by atomic mass is 9.93. The normalized spacial score (nSPS) is 17.7. The van der Waals surface area contributed by atoms with E-state index in [1.54, 1.807) is 29.3 Å². The largest absolute Gasteiger partial charge is 0.469 e. The predicted octanol–water partition coefficient (Wildman–Crippen LogP) is 2.48. The van der Waals surface area contributed by atoms with Crippen LogP contribution in [0.3, 0.4) is 0 Å². The Hall–Kier alpha value is -3.49. The molecule has 0 aromatic carbocycles. The van der Waals surface area contributed by atoms with Crippen molar-refractivity contribution in [1.82, 2.24) is 15.3 Å². The summed E-state index contributed by atoms with van der Waals surface area (Å²) in [5.74, 6) is 0.0459. The lowest BCUT2D eigenvalue weighted by Crippen LogP contribution is -2.40. The van der Waals surface area contributed by atoms with Gasteiger partial charge in [-0.05, 0) is 44.7 Å². The van der Waals surface area contributed by atoms with Crippen LogP contribution in [-0.2, 0) is 16.0 Å². The lowest BCUT2D eigenvalue weighted by molar-refractivity contribution is -0.146. The van der Waals surface area contributed by atoms with Crippen LogP contribution in [0.5, 0.6) is 0 Å². The maximum atomic E-state index is 13.1. The zero-order chi connectivity index (χ0) is 22.7. The maximum absolute atomic E-state index is 13.1. The molecule has 4 rings (SSSR count). The van der Waals surface area contributed by atoms with Crippen LogP contribution in [0.15, 0.2) is 33.9 Å². The molecule has 1 fully saturated rings. The maximum Gasteiger partial charge on any atom is 0.308 e. The Labute approximate surface area is 185 Å². The molecule has 0 radical (unpaired) electrons. The molecule has 2 aromatic heterocycles. The number of carbonyl (C=O) groups is 3. The summed E-state index contributed by atoms with van der Waals surface area (Å²) in [6.07, 6.45) is 4.90. The molecule has 1 saturated heterocycles. The smallest absolute Gasteiger partial charge is 0.308 e. The van der Waals surface area contributed by atoms with Crippen LogP contribution in [0.2, 0.25) is 0 Å². The molecule has 1 N–H and O–H groups in total. The summed E-state index contributed by atoms with van der Waals surface area (Å²) in [4.78, 5) is 42.9. The number of hydrazone groups is 1. The summed E-state index contributed by atoms with van der Waals surface area (Å²) in [6, 6.07) is 5.09. The SMILES string of the molecule is COC(=O)C1CCN(C(=O)c2oc3c(c2C)/C(=N/NC(=O)c2ccccn2)CCC3)CC1. The van der Waals surface area contributed by atoms with Crippen molar-refractivity contribution in [3.8, 4) is 0 Å². The first kappa shape index (κ1) is 21.7. The second-order valence-electron chi connectivity index (χ2n) is 8.01. The van der Waals surface area contributed by atoms with Crippen molar-refractivity contribution < 1.29 is 23.5 Å². The molecule has 3 heterocycles. The van der Waals surface area contributed by atoms with Crippen LogP contribution in [0, 0.1) is 12.8 Å². The van der Waals surface area contributed by atoms with Crippen molar-refractivity contribution in [1.29, 1.82) is 0 Å². The number of likely N-dealkylation sites (tertiary alicyclic amines) is 1. The number of aromatic nitrogens is 1. The van der Waals surface area contributed by atoms with E-state index in [4.69, 9.17) is 9.15 Å². The number of hydrogen-bond donors (Lipinski definition) is 1. The topological polar surface area (TPSA) is 114 Å². The second kappa shape index (κ2) is 9.33. The standard InChI is InChI=1S/C23H26N4O5/c1-14-19-16(25-26-21(28)17-6-3-4-11-24-17)7-5-8-18(19)32-20(14)22(29)27-12-9-15(10-13-27)23(30)31-2/h3-4,6,11,15H,5,7-10,12-13H2,1-2H3,(H,26,28)/b25-16+. The van der Waals surface area contributed by atoms with Crippen molar-refractivity contribution >= 4 is 23.5 Å². The van der Waals surface area contributed by atoms with Gasteiger partial charge in [-0.2, -0.15) is 5.10 Å². The highest BCUT2D eigenvalue weighted by atomic mass is 16.5. The zero-order valence-electron chi connectivity index (χ0n) is 18.2. The van der Waals surface area contributed by atoms with Crippen LogP contribution in [0.1, 0.15) is 63.6 Å². The highest BCUT2D eigenvalue weighted by Crippen LogP contribution is 2.31. The van der Waals surface area contributed by atoms with Gasteiger partial charge in [-0.1, -0.05) is 6.07 Å². The van der Waals surface area contributed by atoms with Crippen LogP contribution >= 0.6 is 0 Å². The Kier molecular flexibility index (Phi) is 6.34. The first-order chi connectivity index (χ1) is 15.5. The lowest BCUT2D eigenvalue weighted by Gasteiger charge is -2.30. The number of nitrogens with one attached hydrogen (secondary N) is 1. The number of pyridine rings is 1. The molecule has 32 heavy (non-hydrogen) atoms. The van der Waals surface area contributed by atoms with Crippen molar-refractivity contribution in [2.75, 3.05) is 20.2 Å². The first-order valence-corrected chi connectivity index (χ1v) is 10.8. The number of amides is 2. The number of furan rings is 1. The monoisotopic (exact) mass is 438 g/mol. The number of ether oxygens (including phenoxy) is 1. The minimum Gasteiger partial charge on any atom is -0.469 e. The van der Waals surface area contributed by atoms with Gasteiger partial charge in [0.25, 0.3) is 11.8 Å². The molecule has 2 aromatic rings. The summed E-state index contributed by atoms with van der Waals surface area (Å²) in [6.45, 7) is 2.80. The third-order valence-corrected chi connectivity index (χ3v) is 6.03. The fourth-order valence-corrected chi connectivity index (χ4v) is 4.29. The van der Waals surface area contributed by atoms with Crippen LogP contribution in [0.4, 0.5) is 0 Å². The molecule has 168 valence electrons. The van der Waals surface area contributed by atoms with Crippen molar-refractivity contribution in [3.05, 3.63) is 52.7 Å². The second-order valence-corrected chi connectivity index (χ2v) is 8.01. The molecule has 9 heteroatoms. The molecule has 0 atom stereocenters. The summed E-state index contributed by atoms with van der Waals surface area (Å²) < 4.78 is 10.8. The number of aryl methyl sites for hydroxylation is 1. The van der Waals surface area contributed by atoms with E-state index in [1.165, 1.54) is 7.11 Å². The fourth-order valence-electron chi connectivity index (χ4n) is 4.29. The van der Waals surface area contributed by atoms with Gasteiger partial charge in [-0.3, -0.25) is 19.4 Å². The van der Waals surface area contributed by atoms with Crippen LogP contribution < -0.4 is 5.43 Å². The van der Waals surface area contributed by atoms with Gasteiger partial charge < -0.3 is 14.1 Å². The summed E-state index contributed by atoms with van der Waals surface area (Å²) in [5.41, 5.74) is 5.06. The van der Waals surface area contributed by atoms with E-state index < -0.39 is 5.91 Å². The number of carbonyl (C=O) groups excluding carboxylic acids is 3. The number of esters is 1. The summed E-state index contributed by atoms with van der Waals surface area (Å²) in [5, 5.41) is 4.33. The summed E-state index contributed by atoms with van der Waals surface area (Å²) in [7, 11) is 1.38. The molecule has 0 bridgehead atoms. The minimum atomic E-state index is -0.392. The van der Waals surface area contributed by atoms with Gasteiger partial charge in [0.15, 0.2) is 5.76 Å². The van der Waals surface area contributed by atoms with Gasteiger partial charge in [-0.15, -0.1) is 0 Å². The zero-order valence-corrected chi connectivity index (χ0v) is 18.2. The molecule has 2 aliphatic rings. The van der Waals surface area contributed by atoms with E-state index in [1.807, 2.05) is 6.92 Å². The number of hydrogen-bond acceptors (Lipinski definition) is 7. The van der Waals surface area contributed by atoms with Gasteiger partial charge in [-0.25, -0.2) is 5.43 Å². The number of methoxy groups -OCH3 is 1. The number of piperidine rings is 1. The number of rotatable bonds is 4. The molecule has 1 aliphatic carbocycles. The highest BCUT2D eigenvalue weighted by Gasteiger charge is 2.33. The highest BCUT2D eigenvalue weighted by molar-refractivity contribution is 6.07. The summed E-state index contributed by atoms with van der Waals surface area (Å²) >= 11 is 0. The van der Waals surface area contributed by atoms with E-state index in [0.29, 0.717) is 56.0 Å². The van der Waals surface area contributed by atoms with Gasteiger partial charge in [0, 0.05) is 36.8 Å². The average molecular weight is 438 g/mol. The van der Waals surface area contributed by atoms with E-state index in [0.717, 1.165) is 17.5 Å². The molecule has 1 aliphatic heterocycles. The number of fused-ring (bicyclic) bond motifs is 1. The van der Waals surface area contributed by atoms with Crippen LogP contribution in [0.25, 0.3) is 0 Å². The molecule has 2 amide bonds. The average Bonchev–Trinajstić information content (AvgIpc) is 3.19. The fraction of sp³-hybridized carbons (Fsp3) is 0.435. The molecule has 0 spiro atoms. The molecule has 0 unspecified atom stereocenters. The Balaban J connectivity index is 1.50. The van der Waals surface area contributed by atoms with E-state index in [2.05, 4.69) is 15.5 Å². The van der Waals surface area contributed by atoms with E-state index >= 15 is 0 Å². The quantitative estimate of drug-likeness (QED) is 0.579.